The Labute approximate surface area is 117 Å². The highest BCUT2D eigenvalue weighted by Gasteiger charge is 2.23. The van der Waals surface area contributed by atoms with E-state index in [0.29, 0.717) is 6.04 Å². The van der Waals surface area contributed by atoms with Gasteiger partial charge in [0.2, 0.25) is 0 Å². The topological polar surface area (TPSA) is 27.6 Å². The van der Waals surface area contributed by atoms with E-state index in [4.69, 9.17) is 4.99 Å². The molecule has 0 radical (unpaired) electrons. The Balaban J connectivity index is 2.40. The van der Waals surface area contributed by atoms with Crippen LogP contribution < -0.4 is 5.32 Å². The van der Waals surface area contributed by atoms with Crippen molar-refractivity contribution in [2.24, 2.45) is 16.3 Å². The Morgan fingerprint density at radius 2 is 2.11 bits per heavy atom. The molecule has 1 aliphatic heterocycles. The maximum atomic E-state index is 4.75. The zero-order valence-electron chi connectivity index (χ0n) is 12.8. The molecule has 3 nitrogen and oxygen atoms in total. The summed E-state index contributed by atoms with van der Waals surface area (Å²) in [7, 11) is 4.24. The molecule has 1 aliphatic rings. The number of nitrogens with one attached hydrogen (secondary N) is 1. The lowest BCUT2D eigenvalue weighted by Crippen LogP contribution is -2.32. The third-order valence-electron chi connectivity index (χ3n) is 2.90. The van der Waals surface area contributed by atoms with E-state index in [1.807, 2.05) is 11.8 Å². The molecule has 1 rings (SSSR count). The highest BCUT2D eigenvalue weighted by Crippen LogP contribution is 2.21. The van der Waals surface area contributed by atoms with E-state index in [-0.39, 0.29) is 5.41 Å². The van der Waals surface area contributed by atoms with Gasteiger partial charge in [0.05, 0.1) is 0 Å². The molecule has 1 unspecified atom stereocenters. The average Bonchev–Trinajstić information content (AvgIpc) is 2.60. The van der Waals surface area contributed by atoms with Crippen LogP contribution in [0.4, 0.5) is 0 Å². The van der Waals surface area contributed by atoms with Crippen molar-refractivity contribution < 1.29 is 0 Å². The van der Waals surface area contributed by atoms with Crippen LogP contribution in [0.1, 0.15) is 34.1 Å². The average molecular weight is 271 g/mol. The highest BCUT2D eigenvalue weighted by molar-refractivity contribution is 8.14. The van der Waals surface area contributed by atoms with Crippen molar-refractivity contribution in [1.29, 1.82) is 0 Å². The Morgan fingerprint density at radius 3 is 2.67 bits per heavy atom. The van der Waals surface area contributed by atoms with Gasteiger partial charge in [0.1, 0.15) is 0 Å². The monoisotopic (exact) mass is 271 g/mol. The summed E-state index contributed by atoms with van der Waals surface area (Å²) in [4.78, 5) is 6.98. The fourth-order valence-corrected chi connectivity index (χ4v) is 3.40. The number of thioether (sulfide) groups is 1. The van der Waals surface area contributed by atoms with Crippen molar-refractivity contribution in [2.45, 2.75) is 40.2 Å². The molecule has 1 fully saturated rings. The summed E-state index contributed by atoms with van der Waals surface area (Å²) >= 11 is 1.88. The van der Waals surface area contributed by atoms with Gasteiger partial charge in [-0.2, -0.15) is 0 Å². The summed E-state index contributed by atoms with van der Waals surface area (Å²) in [5, 5.41) is 4.69. The Bertz CT molecular complexity index is 285. The largest absolute Gasteiger partial charge is 0.361 e. The van der Waals surface area contributed by atoms with Crippen molar-refractivity contribution >= 4 is 16.9 Å². The molecule has 0 aliphatic carbocycles. The number of amidine groups is 1. The van der Waals surface area contributed by atoms with Gasteiger partial charge >= 0.3 is 0 Å². The van der Waals surface area contributed by atoms with E-state index in [1.165, 1.54) is 12.2 Å². The van der Waals surface area contributed by atoms with Gasteiger partial charge in [-0.25, -0.2) is 0 Å². The van der Waals surface area contributed by atoms with E-state index in [1.54, 1.807) is 0 Å². The van der Waals surface area contributed by atoms with Gasteiger partial charge in [-0.15, -0.1) is 0 Å². The second kappa shape index (κ2) is 6.80. The summed E-state index contributed by atoms with van der Waals surface area (Å²) in [6, 6.07) is 0.616. The summed E-state index contributed by atoms with van der Waals surface area (Å²) < 4.78 is 0. The standard InChI is InChI=1S/C14H29N3S/c1-11(2)7-12-8-18-13(16-12)15-9-14(3,4)10-17(5)6/h11-12H,7-10H2,1-6H3,(H,15,16). The van der Waals surface area contributed by atoms with E-state index < -0.39 is 0 Å². The molecular weight excluding hydrogens is 242 g/mol. The number of aliphatic imine (C=N–C) groups is 1. The SMILES string of the molecule is CC(C)CC1CSC(=NCC(C)(C)CN(C)C)N1. The lowest BCUT2D eigenvalue weighted by Gasteiger charge is -2.26. The van der Waals surface area contributed by atoms with Crippen LogP contribution in [0.2, 0.25) is 0 Å². The summed E-state index contributed by atoms with van der Waals surface area (Å²) in [5.74, 6) is 1.93. The second-order valence-electron chi connectivity index (χ2n) is 6.81. The number of hydrogen-bond acceptors (Lipinski definition) is 3. The molecule has 1 heterocycles. The number of hydrogen-bond donors (Lipinski definition) is 1. The second-order valence-corrected chi connectivity index (χ2v) is 7.81. The molecular formula is C14H29N3S. The molecule has 4 heteroatoms. The van der Waals surface area contributed by atoms with Crippen molar-refractivity contribution in [3.63, 3.8) is 0 Å². The van der Waals surface area contributed by atoms with Crippen LogP contribution in [0.25, 0.3) is 0 Å². The molecule has 0 aromatic carbocycles. The maximum Gasteiger partial charge on any atom is 0.156 e. The first kappa shape index (κ1) is 15.8. The molecule has 106 valence electrons. The first-order valence-electron chi connectivity index (χ1n) is 6.87. The Morgan fingerprint density at radius 1 is 1.44 bits per heavy atom. The third kappa shape index (κ3) is 6.10. The fourth-order valence-electron chi connectivity index (χ4n) is 2.42. The minimum absolute atomic E-state index is 0.245. The van der Waals surface area contributed by atoms with Crippen LogP contribution in [0, 0.1) is 11.3 Å². The molecule has 1 saturated heterocycles. The predicted octanol–water partition coefficient (Wildman–Crippen LogP) is 2.68. The Hall–Kier alpha value is -0.220. The molecule has 0 aromatic heterocycles. The quantitative estimate of drug-likeness (QED) is 0.805. The van der Waals surface area contributed by atoms with Gasteiger partial charge in [0.25, 0.3) is 0 Å². The summed E-state index contributed by atoms with van der Waals surface area (Å²) in [6.45, 7) is 11.1. The van der Waals surface area contributed by atoms with Crippen LogP contribution in [0.5, 0.6) is 0 Å². The van der Waals surface area contributed by atoms with E-state index >= 15 is 0 Å². The lowest BCUT2D eigenvalue weighted by atomic mass is 9.93. The van der Waals surface area contributed by atoms with E-state index in [2.05, 4.69) is 52.0 Å². The lowest BCUT2D eigenvalue weighted by molar-refractivity contribution is 0.249. The van der Waals surface area contributed by atoms with Gasteiger partial charge in [0.15, 0.2) is 5.17 Å². The predicted molar refractivity (Wildman–Crippen MR) is 83.5 cm³/mol. The van der Waals surface area contributed by atoms with Crippen LogP contribution in [-0.4, -0.2) is 49.0 Å². The highest BCUT2D eigenvalue weighted by atomic mass is 32.2. The van der Waals surface area contributed by atoms with Crippen molar-refractivity contribution in [1.82, 2.24) is 10.2 Å². The number of rotatable bonds is 6. The van der Waals surface area contributed by atoms with Gasteiger partial charge in [0, 0.05) is 24.9 Å². The van der Waals surface area contributed by atoms with E-state index in [0.717, 1.165) is 24.2 Å². The minimum Gasteiger partial charge on any atom is -0.361 e. The summed E-state index contributed by atoms with van der Waals surface area (Å²) in [6.07, 6.45) is 1.24. The fraction of sp³-hybridized carbons (Fsp3) is 0.929. The number of nitrogens with zero attached hydrogens (tertiary/aromatic N) is 2. The first-order valence-corrected chi connectivity index (χ1v) is 7.85. The van der Waals surface area contributed by atoms with Crippen LogP contribution >= 0.6 is 11.8 Å². The maximum absolute atomic E-state index is 4.75. The molecule has 0 aromatic rings. The van der Waals surface area contributed by atoms with Gasteiger partial charge in [-0.1, -0.05) is 39.5 Å². The molecule has 18 heavy (non-hydrogen) atoms. The van der Waals surface area contributed by atoms with Crippen molar-refractivity contribution in [3.8, 4) is 0 Å². The molecule has 1 atom stereocenters. The van der Waals surface area contributed by atoms with Gasteiger partial charge in [-0.05, 0) is 31.8 Å². The normalized spacial score (nSPS) is 23.1. The smallest absolute Gasteiger partial charge is 0.156 e. The molecule has 0 saturated carbocycles. The van der Waals surface area contributed by atoms with Crippen molar-refractivity contribution in [2.75, 3.05) is 32.9 Å². The third-order valence-corrected chi connectivity index (χ3v) is 3.99. The van der Waals surface area contributed by atoms with Crippen LogP contribution in [0.15, 0.2) is 4.99 Å². The minimum atomic E-state index is 0.245. The first-order chi connectivity index (χ1) is 8.28. The van der Waals surface area contributed by atoms with E-state index in [9.17, 15) is 0 Å². The molecule has 0 bridgehead atoms. The zero-order chi connectivity index (χ0) is 13.8. The molecule has 0 spiro atoms. The van der Waals surface area contributed by atoms with Crippen LogP contribution in [0.3, 0.4) is 0 Å². The Kier molecular flexibility index (Phi) is 5.99. The van der Waals surface area contributed by atoms with Crippen molar-refractivity contribution in [3.05, 3.63) is 0 Å². The van der Waals surface area contributed by atoms with Gasteiger partial charge < -0.3 is 10.2 Å². The summed E-state index contributed by atoms with van der Waals surface area (Å²) in [5.41, 5.74) is 0.245. The van der Waals surface area contributed by atoms with Crippen LogP contribution in [-0.2, 0) is 0 Å². The molecule has 1 N–H and O–H groups in total. The zero-order valence-corrected chi connectivity index (χ0v) is 13.6. The molecule has 0 amide bonds. The van der Waals surface area contributed by atoms with Gasteiger partial charge in [-0.3, -0.25) is 4.99 Å².